The molecule has 0 radical (unpaired) electrons. The number of nitrogens with one attached hydrogen (secondary N) is 1. The number of aromatic amines is 1. The number of rotatable bonds is 3. The first kappa shape index (κ1) is 8.55. The minimum atomic E-state index is -0.451. The maximum Gasteiger partial charge on any atom is 0.417 e. The Labute approximate surface area is 86.1 Å². The normalized spacial score (nSPS) is 19.3. The molecule has 2 aromatic rings. The van der Waals surface area contributed by atoms with E-state index < -0.39 is 5.76 Å². The number of H-pyrrole nitrogens is 1. The van der Waals surface area contributed by atoms with Crippen molar-refractivity contribution in [2.75, 3.05) is 13.2 Å². The molecule has 1 N–H and O–H groups in total. The van der Waals surface area contributed by atoms with Gasteiger partial charge in [0.15, 0.2) is 5.58 Å². The zero-order valence-electron chi connectivity index (χ0n) is 7.86. The molecule has 1 atom stereocenters. The number of oxazole rings is 1. The summed E-state index contributed by atoms with van der Waals surface area (Å²) in [5, 5.41) is 0. The van der Waals surface area contributed by atoms with Gasteiger partial charge in [0.1, 0.15) is 18.5 Å². The quantitative estimate of drug-likeness (QED) is 0.770. The van der Waals surface area contributed by atoms with Crippen molar-refractivity contribution in [3.63, 3.8) is 0 Å². The summed E-state index contributed by atoms with van der Waals surface area (Å²) >= 11 is 0. The van der Waals surface area contributed by atoms with Gasteiger partial charge in [-0.2, -0.15) is 0 Å². The Kier molecular flexibility index (Phi) is 1.78. The second-order valence-corrected chi connectivity index (χ2v) is 3.44. The molecule has 1 saturated heterocycles. The van der Waals surface area contributed by atoms with Gasteiger partial charge >= 0.3 is 5.76 Å². The number of aromatic nitrogens is 1. The van der Waals surface area contributed by atoms with Crippen molar-refractivity contribution in [3.05, 3.63) is 28.7 Å². The Morgan fingerprint density at radius 1 is 1.60 bits per heavy atom. The molecule has 1 aliphatic rings. The van der Waals surface area contributed by atoms with Crippen molar-refractivity contribution in [2.45, 2.75) is 6.10 Å². The SMILES string of the molecule is O=c1[nH]c2ccc(OCC3CO3)cc2o1.[HH]. The van der Waals surface area contributed by atoms with Gasteiger partial charge in [0.05, 0.1) is 12.1 Å². The molecule has 1 aliphatic heterocycles. The van der Waals surface area contributed by atoms with Crippen LogP contribution in [0.4, 0.5) is 0 Å². The van der Waals surface area contributed by atoms with Crippen LogP contribution in [0.5, 0.6) is 5.75 Å². The fourth-order valence-electron chi connectivity index (χ4n) is 1.37. The predicted molar refractivity (Wildman–Crippen MR) is 54.2 cm³/mol. The Morgan fingerprint density at radius 3 is 3.27 bits per heavy atom. The summed E-state index contributed by atoms with van der Waals surface area (Å²) < 4.78 is 15.4. The van der Waals surface area contributed by atoms with Crippen molar-refractivity contribution in [3.8, 4) is 5.75 Å². The van der Waals surface area contributed by atoms with E-state index in [9.17, 15) is 4.79 Å². The number of benzene rings is 1. The minimum absolute atomic E-state index is 0. The van der Waals surface area contributed by atoms with Crippen LogP contribution in [0.1, 0.15) is 1.43 Å². The molecule has 0 aliphatic carbocycles. The summed E-state index contributed by atoms with van der Waals surface area (Å²) in [5.74, 6) is 0.230. The van der Waals surface area contributed by atoms with E-state index in [0.717, 1.165) is 6.61 Å². The monoisotopic (exact) mass is 209 g/mol. The molecule has 1 unspecified atom stereocenters. The van der Waals surface area contributed by atoms with Crippen LogP contribution < -0.4 is 10.5 Å². The van der Waals surface area contributed by atoms with Crippen LogP contribution in [0.25, 0.3) is 11.1 Å². The summed E-state index contributed by atoms with van der Waals surface area (Å²) in [7, 11) is 0. The Bertz CT molecular complexity index is 543. The number of epoxide rings is 1. The van der Waals surface area contributed by atoms with Crippen molar-refractivity contribution < 1.29 is 15.3 Å². The lowest BCUT2D eigenvalue weighted by atomic mass is 10.3. The molecular weight excluding hydrogens is 198 g/mol. The molecule has 2 heterocycles. The van der Waals surface area contributed by atoms with Gasteiger partial charge < -0.3 is 13.9 Å². The molecule has 1 fully saturated rings. The summed E-state index contributed by atoms with van der Waals surface area (Å²) in [4.78, 5) is 13.5. The predicted octanol–water partition coefficient (Wildman–Crippen LogP) is 1.14. The molecule has 5 nitrogen and oxygen atoms in total. The van der Waals surface area contributed by atoms with E-state index >= 15 is 0 Å². The molecule has 0 spiro atoms. The standard InChI is InChI=1S/C10H9NO4.H2/c12-10-11-8-2-1-6(3-9(8)15-10)13-4-7-5-14-7;/h1-3,7H,4-5H2,(H,11,12);1H. The molecule has 5 heteroatoms. The number of fused-ring (bicyclic) bond motifs is 1. The highest BCUT2D eigenvalue weighted by Gasteiger charge is 2.23. The van der Waals surface area contributed by atoms with Gasteiger partial charge in [-0.15, -0.1) is 0 Å². The molecule has 15 heavy (non-hydrogen) atoms. The molecule has 3 rings (SSSR count). The van der Waals surface area contributed by atoms with Crippen molar-refractivity contribution in [1.82, 2.24) is 4.98 Å². The minimum Gasteiger partial charge on any atom is -0.491 e. The van der Waals surface area contributed by atoms with Crippen LogP contribution in [-0.4, -0.2) is 24.3 Å². The number of ether oxygens (including phenoxy) is 2. The van der Waals surface area contributed by atoms with Crippen LogP contribution in [0, 0.1) is 0 Å². The van der Waals surface area contributed by atoms with Crippen molar-refractivity contribution >= 4 is 11.1 Å². The van der Waals surface area contributed by atoms with Crippen LogP contribution in [0.15, 0.2) is 27.4 Å². The van der Waals surface area contributed by atoms with Gasteiger partial charge in [-0.25, -0.2) is 4.79 Å². The topological polar surface area (TPSA) is 67.8 Å². The van der Waals surface area contributed by atoms with Crippen molar-refractivity contribution in [1.29, 1.82) is 0 Å². The molecule has 0 bridgehead atoms. The van der Waals surface area contributed by atoms with Crippen LogP contribution in [0.2, 0.25) is 0 Å². The van der Waals surface area contributed by atoms with Gasteiger partial charge in [0, 0.05) is 7.49 Å². The van der Waals surface area contributed by atoms with Crippen LogP contribution >= 0.6 is 0 Å². The lowest BCUT2D eigenvalue weighted by molar-refractivity contribution is 0.263. The second kappa shape index (κ2) is 3.13. The molecule has 80 valence electrons. The molecule has 1 aromatic carbocycles. The highest BCUT2D eigenvalue weighted by atomic mass is 16.6. The Balaban J connectivity index is 0.000000963. The number of hydrogen-bond acceptors (Lipinski definition) is 4. The zero-order valence-corrected chi connectivity index (χ0v) is 7.86. The van der Waals surface area contributed by atoms with Gasteiger partial charge in [0.2, 0.25) is 0 Å². The van der Waals surface area contributed by atoms with E-state index in [1.165, 1.54) is 0 Å². The first-order chi connectivity index (χ1) is 7.31. The molecule has 0 saturated carbocycles. The van der Waals surface area contributed by atoms with Gasteiger partial charge in [-0.05, 0) is 12.1 Å². The van der Waals surface area contributed by atoms with E-state index in [1.54, 1.807) is 18.2 Å². The van der Waals surface area contributed by atoms with E-state index in [-0.39, 0.29) is 7.53 Å². The first-order valence-electron chi connectivity index (χ1n) is 4.68. The van der Waals surface area contributed by atoms with Crippen molar-refractivity contribution in [2.24, 2.45) is 0 Å². The van der Waals surface area contributed by atoms with E-state index in [1.807, 2.05) is 0 Å². The largest absolute Gasteiger partial charge is 0.491 e. The Morgan fingerprint density at radius 2 is 2.47 bits per heavy atom. The molecular formula is C10H11NO4. The first-order valence-corrected chi connectivity index (χ1v) is 4.68. The fraction of sp³-hybridized carbons (Fsp3) is 0.300. The fourth-order valence-corrected chi connectivity index (χ4v) is 1.37. The molecule has 1 aromatic heterocycles. The highest BCUT2D eigenvalue weighted by Crippen LogP contribution is 2.19. The summed E-state index contributed by atoms with van der Waals surface area (Å²) in [6.07, 6.45) is 0.221. The van der Waals surface area contributed by atoms with Gasteiger partial charge in [-0.3, -0.25) is 4.98 Å². The average molecular weight is 209 g/mol. The lowest BCUT2D eigenvalue weighted by Crippen LogP contribution is -2.03. The van der Waals surface area contributed by atoms with Crippen LogP contribution in [0.3, 0.4) is 0 Å². The Hall–Kier alpha value is -1.75. The van der Waals surface area contributed by atoms with E-state index in [2.05, 4.69) is 4.98 Å². The highest BCUT2D eigenvalue weighted by molar-refractivity contribution is 5.73. The van der Waals surface area contributed by atoms with E-state index in [4.69, 9.17) is 13.9 Å². The van der Waals surface area contributed by atoms with Gasteiger partial charge in [-0.1, -0.05) is 0 Å². The third-order valence-corrected chi connectivity index (χ3v) is 2.23. The third kappa shape index (κ3) is 1.73. The maximum absolute atomic E-state index is 10.9. The lowest BCUT2D eigenvalue weighted by Gasteiger charge is -2.02. The second-order valence-electron chi connectivity index (χ2n) is 3.44. The average Bonchev–Trinajstić information content (AvgIpc) is 2.96. The maximum atomic E-state index is 10.9. The zero-order chi connectivity index (χ0) is 10.3. The summed E-state index contributed by atoms with van der Waals surface area (Å²) in [5.41, 5.74) is 1.18. The van der Waals surface area contributed by atoms with E-state index in [0.29, 0.717) is 23.5 Å². The summed E-state index contributed by atoms with van der Waals surface area (Å²) in [6.45, 7) is 1.31. The van der Waals surface area contributed by atoms with Crippen LogP contribution in [-0.2, 0) is 4.74 Å². The third-order valence-electron chi connectivity index (χ3n) is 2.23. The summed E-state index contributed by atoms with van der Waals surface area (Å²) in [6, 6.07) is 5.23. The molecule has 0 amide bonds. The smallest absolute Gasteiger partial charge is 0.417 e. The van der Waals surface area contributed by atoms with Gasteiger partial charge in [0.25, 0.3) is 0 Å². The number of hydrogen-bond donors (Lipinski definition) is 1.